The summed E-state index contributed by atoms with van der Waals surface area (Å²) in [6.45, 7) is 2.40. The first-order chi connectivity index (χ1) is 11.6. The van der Waals surface area contributed by atoms with Crippen molar-refractivity contribution >= 4 is 29.2 Å². The zero-order valence-electron chi connectivity index (χ0n) is 13.8. The van der Waals surface area contributed by atoms with E-state index in [0.717, 1.165) is 12.8 Å². The minimum atomic E-state index is -0.137. The Labute approximate surface area is 147 Å². The zero-order chi connectivity index (χ0) is 16.9. The molecule has 1 N–H and O–H groups in total. The van der Waals surface area contributed by atoms with Crippen LogP contribution in [0.25, 0.3) is 0 Å². The van der Waals surface area contributed by atoms with Gasteiger partial charge in [0.2, 0.25) is 5.91 Å². The van der Waals surface area contributed by atoms with E-state index in [1.54, 1.807) is 23.1 Å². The number of carbonyl (C=O) groups is 2. The van der Waals surface area contributed by atoms with Gasteiger partial charge in [-0.05, 0) is 31.0 Å². The number of hydrogen-bond donors (Lipinski definition) is 1. The van der Waals surface area contributed by atoms with Crippen LogP contribution in [-0.4, -0.2) is 47.9 Å². The molecule has 5 nitrogen and oxygen atoms in total. The number of benzene rings is 1. The van der Waals surface area contributed by atoms with Crippen molar-refractivity contribution in [2.24, 2.45) is 5.92 Å². The fraction of sp³-hybridized carbons (Fsp3) is 0.556. The predicted molar refractivity (Wildman–Crippen MR) is 95.2 cm³/mol. The molecule has 3 amide bonds. The maximum absolute atomic E-state index is 12.6. The van der Waals surface area contributed by atoms with Gasteiger partial charge in [0.25, 0.3) is 0 Å². The van der Waals surface area contributed by atoms with Crippen LogP contribution in [0.5, 0.6) is 0 Å². The van der Waals surface area contributed by atoms with Crippen molar-refractivity contribution in [1.82, 2.24) is 9.80 Å². The maximum Gasteiger partial charge on any atom is 0.321 e. The van der Waals surface area contributed by atoms with E-state index < -0.39 is 0 Å². The number of amides is 3. The van der Waals surface area contributed by atoms with Crippen LogP contribution in [0.1, 0.15) is 32.1 Å². The van der Waals surface area contributed by atoms with Gasteiger partial charge in [-0.15, -0.1) is 0 Å². The summed E-state index contributed by atoms with van der Waals surface area (Å²) in [4.78, 5) is 28.6. The smallest absolute Gasteiger partial charge is 0.321 e. The molecule has 0 unspecified atom stereocenters. The third kappa shape index (κ3) is 4.20. The topological polar surface area (TPSA) is 52.7 Å². The first-order valence-electron chi connectivity index (χ1n) is 8.74. The Hall–Kier alpha value is -1.75. The lowest BCUT2D eigenvalue weighted by Gasteiger charge is -2.37. The van der Waals surface area contributed by atoms with Gasteiger partial charge < -0.3 is 15.1 Å². The van der Waals surface area contributed by atoms with Gasteiger partial charge in [0, 0.05) is 42.8 Å². The summed E-state index contributed by atoms with van der Waals surface area (Å²) >= 11 is 5.93. The Balaban J connectivity index is 1.49. The Morgan fingerprint density at radius 2 is 1.67 bits per heavy atom. The molecule has 1 aliphatic carbocycles. The first-order valence-corrected chi connectivity index (χ1v) is 9.11. The average Bonchev–Trinajstić information content (AvgIpc) is 2.62. The van der Waals surface area contributed by atoms with Gasteiger partial charge >= 0.3 is 6.03 Å². The molecule has 0 spiro atoms. The minimum Gasteiger partial charge on any atom is -0.339 e. The number of hydrogen-bond acceptors (Lipinski definition) is 2. The molecule has 1 saturated carbocycles. The van der Waals surface area contributed by atoms with Gasteiger partial charge in [-0.3, -0.25) is 4.79 Å². The number of urea groups is 1. The molecular weight excluding hydrogens is 326 g/mol. The quantitative estimate of drug-likeness (QED) is 0.887. The SMILES string of the molecule is O=C(Nc1cccc(Cl)c1)N1CCN(C(=O)C2CCCCC2)CC1. The van der Waals surface area contributed by atoms with Crippen molar-refractivity contribution < 1.29 is 9.59 Å². The highest BCUT2D eigenvalue weighted by Crippen LogP contribution is 2.26. The summed E-state index contributed by atoms with van der Waals surface area (Å²) in [7, 11) is 0. The molecular formula is C18H24ClN3O2. The maximum atomic E-state index is 12.6. The van der Waals surface area contributed by atoms with E-state index in [0.29, 0.717) is 36.9 Å². The summed E-state index contributed by atoms with van der Waals surface area (Å²) in [5.74, 6) is 0.482. The minimum absolute atomic E-state index is 0.137. The highest BCUT2D eigenvalue weighted by atomic mass is 35.5. The van der Waals surface area contributed by atoms with Crippen molar-refractivity contribution in [1.29, 1.82) is 0 Å². The third-order valence-electron chi connectivity index (χ3n) is 4.91. The largest absolute Gasteiger partial charge is 0.339 e. The van der Waals surface area contributed by atoms with Crippen LogP contribution in [0.2, 0.25) is 5.02 Å². The van der Waals surface area contributed by atoms with E-state index in [2.05, 4.69) is 5.32 Å². The molecule has 0 bridgehead atoms. The Morgan fingerprint density at radius 1 is 1.00 bits per heavy atom. The van der Waals surface area contributed by atoms with Crippen LogP contribution in [0.3, 0.4) is 0 Å². The lowest BCUT2D eigenvalue weighted by atomic mass is 9.88. The Bertz CT molecular complexity index is 594. The molecule has 2 aliphatic rings. The van der Waals surface area contributed by atoms with Crippen LogP contribution in [0.15, 0.2) is 24.3 Å². The van der Waals surface area contributed by atoms with Crippen LogP contribution < -0.4 is 5.32 Å². The van der Waals surface area contributed by atoms with Gasteiger partial charge in [-0.1, -0.05) is 36.9 Å². The fourth-order valence-electron chi connectivity index (χ4n) is 3.51. The van der Waals surface area contributed by atoms with Crippen LogP contribution in [0, 0.1) is 5.92 Å². The molecule has 130 valence electrons. The molecule has 2 fully saturated rings. The van der Waals surface area contributed by atoms with Gasteiger partial charge in [-0.2, -0.15) is 0 Å². The zero-order valence-corrected chi connectivity index (χ0v) is 14.6. The predicted octanol–water partition coefficient (Wildman–Crippen LogP) is 3.60. The molecule has 0 atom stereocenters. The number of anilines is 1. The summed E-state index contributed by atoms with van der Waals surface area (Å²) in [5.41, 5.74) is 0.688. The highest BCUT2D eigenvalue weighted by molar-refractivity contribution is 6.30. The van der Waals surface area contributed by atoms with Crippen molar-refractivity contribution in [2.75, 3.05) is 31.5 Å². The highest BCUT2D eigenvalue weighted by Gasteiger charge is 2.29. The van der Waals surface area contributed by atoms with Gasteiger partial charge in [0.05, 0.1) is 0 Å². The number of rotatable bonds is 2. The molecule has 1 aliphatic heterocycles. The number of piperazine rings is 1. The lowest BCUT2D eigenvalue weighted by molar-refractivity contribution is -0.137. The molecule has 1 saturated heterocycles. The second kappa shape index (κ2) is 7.88. The second-order valence-corrected chi connectivity index (χ2v) is 7.02. The summed E-state index contributed by atoms with van der Waals surface area (Å²) in [5, 5.41) is 3.45. The number of halogens is 1. The summed E-state index contributed by atoms with van der Waals surface area (Å²) < 4.78 is 0. The molecule has 6 heteroatoms. The fourth-order valence-corrected chi connectivity index (χ4v) is 3.70. The molecule has 24 heavy (non-hydrogen) atoms. The van der Waals surface area contributed by atoms with E-state index in [-0.39, 0.29) is 17.9 Å². The molecule has 1 heterocycles. The number of nitrogens with zero attached hydrogens (tertiary/aromatic N) is 2. The van der Waals surface area contributed by atoms with E-state index in [9.17, 15) is 9.59 Å². The van der Waals surface area contributed by atoms with Crippen molar-refractivity contribution in [3.63, 3.8) is 0 Å². The molecule has 1 aromatic carbocycles. The van der Waals surface area contributed by atoms with Crippen LogP contribution >= 0.6 is 11.6 Å². The number of nitrogens with one attached hydrogen (secondary N) is 1. The summed E-state index contributed by atoms with van der Waals surface area (Å²) in [6, 6.07) is 6.97. The van der Waals surface area contributed by atoms with Crippen molar-refractivity contribution in [2.45, 2.75) is 32.1 Å². The van der Waals surface area contributed by atoms with Gasteiger partial charge in [-0.25, -0.2) is 4.79 Å². The van der Waals surface area contributed by atoms with Crippen molar-refractivity contribution in [3.05, 3.63) is 29.3 Å². The monoisotopic (exact) mass is 349 g/mol. The third-order valence-corrected chi connectivity index (χ3v) is 5.14. The van der Waals surface area contributed by atoms with E-state index >= 15 is 0 Å². The van der Waals surface area contributed by atoms with E-state index in [4.69, 9.17) is 11.6 Å². The second-order valence-electron chi connectivity index (χ2n) is 6.59. The van der Waals surface area contributed by atoms with E-state index in [1.165, 1.54) is 19.3 Å². The first kappa shape index (κ1) is 17.1. The normalized spacial score (nSPS) is 19.2. The molecule has 0 radical (unpaired) electrons. The molecule has 0 aromatic heterocycles. The number of carbonyl (C=O) groups excluding carboxylic acids is 2. The Morgan fingerprint density at radius 3 is 2.33 bits per heavy atom. The molecule has 1 aromatic rings. The standard InChI is InChI=1S/C18H24ClN3O2/c19-15-7-4-8-16(13-15)20-18(24)22-11-9-21(10-12-22)17(23)14-5-2-1-3-6-14/h4,7-8,13-14H,1-3,5-6,9-12H2,(H,20,24). The Kier molecular flexibility index (Phi) is 5.61. The molecule has 3 rings (SSSR count). The van der Waals surface area contributed by atoms with Crippen molar-refractivity contribution in [3.8, 4) is 0 Å². The van der Waals surface area contributed by atoms with E-state index in [1.807, 2.05) is 11.0 Å². The van der Waals surface area contributed by atoms with Crippen LogP contribution in [0.4, 0.5) is 10.5 Å². The lowest BCUT2D eigenvalue weighted by Crippen LogP contribution is -2.53. The van der Waals surface area contributed by atoms with Gasteiger partial charge in [0.15, 0.2) is 0 Å². The van der Waals surface area contributed by atoms with Gasteiger partial charge in [0.1, 0.15) is 0 Å². The average molecular weight is 350 g/mol. The van der Waals surface area contributed by atoms with Crippen LogP contribution in [-0.2, 0) is 4.79 Å². The summed E-state index contributed by atoms with van der Waals surface area (Å²) in [6.07, 6.45) is 5.63.